The first-order chi connectivity index (χ1) is 15.7. The molecule has 0 atom stereocenters. The Labute approximate surface area is 187 Å². The summed E-state index contributed by atoms with van der Waals surface area (Å²) in [4.78, 5) is 19.4. The third kappa shape index (κ3) is 5.26. The van der Waals surface area contributed by atoms with Gasteiger partial charge in [0.2, 0.25) is 17.6 Å². The minimum absolute atomic E-state index is 0.00180. The molecule has 0 radical (unpaired) electrons. The van der Waals surface area contributed by atoms with Crippen LogP contribution in [0.25, 0.3) is 11.4 Å². The van der Waals surface area contributed by atoms with Gasteiger partial charge >= 0.3 is 0 Å². The molecule has 0 saturated carbocycles. The van der Waals surface area contributed by atoms with Crippen molar-refractivity contribution in [1.82, 2.24) is 20.4 Å². The first kappa shape index (κ1) is 21.8. The highest BCUT2D eigenvalue weighted by Crippen LogP contribution is 2.25. The van der Waals surface area contributed by atoms with Crippen LogP contribution in [-0.2, 0) is 17.9 Å². The number of carbonyl (C=O) groups excluding carboxylic acids is 1. The Bertz CT molecular complexity index is 1030. The van der Waals surface area contributed by atoms with Crippen LogP contribution in [-0.4, -0.2) is 48.3 Å². The van der Waals surface area contributed by atoms with Gasteiger partial charge in [0.1, 0.15) is 11.5 Å². The van der Waals surface area contributed by atoms with Crippen molar-refractivity contribution in [3.05, 3.63) is 60.0 Å². The van der Waals surface area contributed by atoms with Crippen molar-refractivity contribution in [3.8, 4) is 22.9 Å². The number of nitrogens with one attached hydrogen (secondary N) is 1. The fourth-order valence-corrected chi connectivity index (χ4v) is 3.89. The zero-order valence-corrected chi connectivity index (χ0v) is 18.4. The number of piperidine rings is 1. The molecule has 0 bridgehead atoms. The van der Waals surface area contributed by atoms with Gasteiger partial charge in [-0.2, -0.15) is 4.98 Å². The fraction of sp³-hybridized carbons (Fsp3) is 0.375. The lowest BCUT2D eigenvalue weighted by atomic mass is 9.96. The summed E-state index contributed by atoms with van der Waals surface area (Å²) < 4.78 is 16.0. The lowest BCUT2D eigenvalue weighted by Crippen LogP contribution is -2.40. The normalized spacial score (nSPS) is 14.8. The van der Waals surface area contributed by atoms with Gasteiger partial charge in [0, 0.05) is 29.7 Å². The van der Waals surface area contributed by atoms with Gasteiger partial charge in [0.25, 0.3) is 0 Å². The Morgan fingerprint density at radius 3 is 2.62 bits per heavy atom. The molecule has 1 aromatic heterocycles. The van der Waals surface area contributed by atoms with Crippen molar-refractivity contribution in [3.63, 3.8) is 0 Å². The molecule has 1 amide bonds. The number of ether oxygens (including phenoxy) is 2. The standard InChI is InChI=1S/C24H28N4O4/c1-30-20-9-8-19(21(14-20)31-2)15-25-24(29)18-10-12-28(13-11-18)16-22-26-23(27-32-22)17-6-4-3-5-7-17/h3-9,14,18H,10-13,15-16H2,1-2H3,(H,25,29). The first-order valence-electron chi connectivity index (χ1n) is 10.7. The van der Waals surface area contributed by atoms with Crippen molar-refractivity contribution in [1.29, 1.82) is 0 Å². The zero-order chi connectivity index (χ0) is 22.3. The average molecular weight is 437 g/mol. The van der Waals surface area contributed by atoms with Gasteiger partial charge in [-0.25, -0.2) is 0 Å². The highest BCUT2D eigenvalue weighted by Gasteiger charge is 2.26. The Balaban J connectivity index is 1.25. The molecule has 0 spiro atoms. The highest BCUT2D eigenvalue weighted by atomic mass is 16.5. The summed E-state index contributed by atoms with van der Waals surface area (Å²) in [6.45, 7) is 2.65. The molecule has 1 saturated heterocycles. The zero-order valence-electron chi connectivity index (χ0n) is 18.4. The number of carbonyl (C=O) groups is 1. The molecule has 8 nitrogen and oxygen atoms in total. The summed E-state index contributed by atoms with van der Waals surface area (Å²) in [6.07, 6.45) is 1.59. The van der Waals surface area contributed by atoms with E-state index in [2.05, 4.69) is 20.4 Å². The molecule has 1 aliphatic rings. The number of nitrogens with zero attached hydrogens (tertiary/aromatic N) is 3. The number of hydrogen-bond acceptors (Lipinski definition) is 7. The van der Waals surface area contributed by atoms with Crippen molar-refractivity contribution >= 4 is 5.91 Å². The molecule has 3 aromatic rings. The molecular weight excluding hydrogens is 408 g/mol. The van der Waals surface area contributed by atoms with Gasteiger partial charge in [-0.3, -0.25) is 9.69 Å². The van der Waals surface area contributed by atoms with E-state index in [1.165, 1.54) is 0 Å². The first-order valence-corrected chi connectivity index (χ1v) is 10.7. The smallest absolute Gasteiger partial charge is 0.241 e. The second-order valence-corrected chi connectivity index (χ2v) is 7.82. The van der Waals surface area contributed by atoms with Gasteiger partial charge in [0.15, 0.2) is 0 Å². The summed E-state index contributed by atoms with van der Waals surface area (Å²) in [7, 11) is 3.23. The second-order valence-electron chi connectivity index (χ2n) is 7.82. The van der Waals surface area contributed by atoms with Crippen LogP contribution in [0, 0.1) is 5.92 Å². The van der Waals surface area contributed by atoms with E-state index in [1.54, 1.807) is 14.2 Å². The number of likely N-dealkylation sites (tertiary alicyclic amines) is 1. The van der Waals surface area contributed by atoms with Crippen LogP contribution in [0.5, 0.6) is 11.5 Å². The molecule has 0 aliphatic carbocycles. The van der Waals surface area contributed by atoms with Crippen molar-refractivity contribution < 1.29 is 18.8 Å². The maximum Gasteiger partial charge on any atom is 0.241 e. The van der Waals surface area contributed by atoms with E-state index >= 15 is 0 Å². The van der Waals surface area contributed by atoms with Crippen LogP contribution in [0.2, 0.25) is 0 Å². The van der Waals surface area contributed by atoms with E-state index in [-0.39, 0.29) is 11.8 Å². The molecule has 2 aromatic carbocycles. The van der Waals surface area contributed by atoms with E-state index < -0.39 is 0 Å². The monoisotopic (exact) mass is 436 g/mol. The van der Waals surface area contributed by atoms with Crippen LogP contribution in [0.4, 0.5) is 0 Å². The fourth-order valence-electron chi connectivity index (χ4n) is 3.89. The number of methoxy groups -OCH3 is 2. The van der Waals surface area contributed by atoms with Crippen molar-refractivity contribution in [2.45, 2.75) is 25.9 Å². The summed E-state index contributed by atoms with van der Waals surface area (Å²) >= 11 is 0. The van der Waals surface area contributed by atoms with Gasteiger partial charge < -0.3 is 19.3 Å². The third-order valence-electron chi connectivity index (χ3n) is 5.76. The number of hydrogen-bond donors (Lipinski definition) is 1. The number of aromatic nitrogens is 2. The largest absolute Gasteiger partial charge is 0.497 e. The summed E-state index contributed by atoms with van der Waals surface area (Å²) in [6, 6.07) is 15.4. The Kier molecular flexibility index (Phi) is 7.01. The van der Waals surface area contributed by atoms with Crippen molar-refractivity contribution in [2.75, 3.05) is 27.3 Å². The van der Waals surface area contributed by atoms with Crippen LogP contribution in [0.1, 0.15) is 24.3 Å². The SMILES string of the molecule is COc1ccc(CNC(=O)C2CCN(Cc3nc(-c4ccccc4)no3)CC2)c(OC)c1. The third-order valence-corrected chi connectivity index (χ3v) is 5.76. The van der Waals surface area contributed by atoms with E-state index in [0.717, 1.165) is 42.8 Å². The number of rotatable bonds is 8. The van der Waals surface area contributed by atoms with Crippen LogP contribution in [0.3, 0.4) is 0 Å². The van der Waals surface area contributed by atoms with Gasteiger partial charge in [-0.15, -0.1) is 0 Å². The van der Waals surface area contributed by atoms with Crippen LogP contribution >= 0.6 is 0 Å². The Morgan fingerprint density at radius 1 is 1.12 bits per heavy atom. The molecule has 8 heteroatoms. The average Bonchev–Trinajstić information content (AvgIpc) is 3.32. The van der Waals surface area contributed by atoms with E-state index in [4.69, 9.17) is 14.0 Å². The molecule has 0 unspecified atom stereocenters. The maximum atomic E-state index is 12.7. The van der Waals surface area contributed by atoms with Gasteiger partial charge in [-0.05, 0) is 38.1 Å². The molecule has 2 heterocycles. The number of benzene rings is 2. The van der Waals surface area contributed by atoms with E-state index in [9.17, 15) is 4.79 Å². The molecule has 32 heavy (non-hydrogen) atoms. The second kappa shape index (κ2) is 10.3. The molecule has 1 fully saturated rings. The van der Waals surface area contributed by atoms with Crippen LogP contribution < -0.4 is 14.8 Å². The van der Waals surface area contributed by atoms with Gasteiger partial charge in [0.05, 0.1) is 20.8 Å². The molecule has 168 valence electrons. The molecule has 4 rings (SSSR count). The van der Waals surface area contributed by atoms with E-state index in [0.29, 0.717) is 30.6 Å². The predicted octanol–water partition coefficient (Wildman–Crippen LogP) is 3.28. The minimum atomic E-state index is -0.00180. The highest BCUT2D eigenvalue weighted by molar-refractivity contribution is 5.78. The number of amides is 1. The summed E-state index contributed by atoms with van der Waals surface area (Å²) in [5.74, 6) is 2.70. The van der Waals surface area contributed by atoms with Crippen LogP contribution in [0.15, 0.2) is 53.1 Å². The summed E-state index contributed by atoms with van der Waals surface area (Å²) in [5.41, 5.74) is 1.86. The lowest BCUT2D eigenvalue weighted by Gasteiger charge is -2.30. The lowest BCUT2D eigenvalue weighted by molar-refractivity contribution is -0.126. The predicted molar refractivity (Wildman–Crippen MR) is 119 cm³/mol. The Morgan fingerprint density at radius 2 is 1.91 bits per heavy atom. The van der Waals surface area contributed by atoms with Crippen molar-refractivity contribution in [2.24, 2.45) is 5.92 Å². The summed E-state index contributed by atoms with van der Waals surface area (Å²) in [5, 5.41) is 7.13. The molecular formula is C24H28N4O4. The topological polar surface area (TPSA) is 89.7 Å². The van der Waals surface area contributed by atoms with E-state index in [1.807, 2.05) is 48.5 Å². The maximum absolute atomic E-state index is 12.7. The Hall–Kier alpha value is -3.39. The molecule has 1 aliphatic heterocycles. The quantitative estimate of drug-likeness (QED) is 0.580. The minimum Gasteiger partial charge on any atom is -0.497 e. The van der Waals surface area contributed by atoms with Gasteiger partial charge in [-0.1, -0.05) is 35.5 Å². The molecule has 1 N–H and O–H groups in total.